The quantitative estimate of drug-likeness (QED) is 0.563. The number of carbonyl (C=O) groups is 2. The molecular weight excluding hydrogens is 382 g/mol. The lowest BCUT2D eigenvalue weighted by Gasteiger charge is -2.34. The second kappa shape index (κ2) is 7.99. The molecule has 1 aromatic rings. The Morgan fingerprint density at radius 2 is 2.19 bits per heavy atom. The molecule has 1 aromatic heterocycles. The van der Waals surface area contributed by atoms with Crippen LogP contribution >= 0.6 is 11.3 Å². The van der Waals surface area contributed by atoms with Gasteiger partial charge in [0.15, 0.2) is 0 Å². The molecule has 1 N–H and O–H groups in total. The van der Waals surface area contributed by atoms with Gasteiger partial charge >= 0.3 is 5.97 Å². The number of ether oxygens (including phenoxy) is 1. The molecule has 0 aromatic carbocycles. The van der Waals surface area contributed by atoms with Gasteiger partial charge in [0.2, 0.25) is 0 Å². The molecule has 2 fully saturated rings. The molecule has 3 rings (SSSR count). The number of aromatic nitrogens is 1. The van der Waals surface area contributed by atoms with E-state index in [0.717, 1.165) is 12.1 Å². The van der Waals surface area contributed by atoms with Crippen LogP contribution in [0.5, 0.6) is 0 Å². The van der Waals surface area contributed by atoms with Crippen LogP contribution in [0.4, 0.5) is 0 Å². The molecule has 2 aliphatic rings. The minimum Gasteiger partial charge on any atom is -0.483 e. The lowest BCUT2D eigenvalue weighted by molar-refractivity contribution is -0.154. The fourth-order valence-corrected chi connectivity index (χ4v) is 6.12. The van der Waals surface area contributed by atoms with Crippen LogP contribution in [-0.4, -0.2) is 72.8 Å². The van der Waals surface area contributed by atoms with Gasteiger partial charge in [0.1, 0.15) is 0 Å². The van der Waals surface area contributed by atoms with Crippen molar-refractivity contribution < 1.29 is 27.9 Å². The Morgan fingerprint density at radius 1 is 1.54 bits per heavy atom. The number of rotatable bonds is 5. The summed E-state index contributed by atoms with van der Waals surface area (Å²) in [5.41, 5.74) is 1.70. The van der Waals surface area contributed by atoms with Gasteiger partial charge in [0, 0.05) is 38.0 Å². The summed E-state index contributed by atoms with van der Waals surface area (Å²) in [6.07, 6.45) is 2.38. The van der Waals surface area contributed by atoms with Crippen molar-refractivity contribution in [1.29, 1.82) is 0 Å². The number of fused-ring (bicyclic) bond motifs is 2. The van der Waals surface area contributed by atoms with E-state index in [1.54, 1.807) is 5.51 Å². The topological polar surface area (TPSA) is 117 Å². The molecule has 2 saturated heterocycles. The predicted octanol–water partition coefficient (Wildman–Crippen LogP) is 0.589. The minimum atomic E-state index is -3.56. The summed E-state index contributed by atoms with van der Waals surface area (Å²) in [6.45, 7) is -0.250. The molecule has 26 heavy (non-hydrogen) atoms. The van der Waals surface area contributed by atoms with E-state index in [4.69, 9.17) is 14.6 Å². The summed E-state index contributed by atoms with van der Waals surface area (Å²) in [7, 11) is 0.842. The van der Waals surface area contributed by atoms with Crippen LogP contribution in [0.2, 0.25) is 0 Å². The first kappa shape index (κ1) is 20.7. The van der Waals surface area contributed by atoms with E-state index < -0.39 is 15.6 Å². The van der Waals surface area contributed by atoms with Crippen LogP contribution in [0, 0.1) is 5.41 Å². The predicted molar refractivity (Wildman–Crippen MR) is 94.8 cm³/mol. The van der Waals surface area contributed by atoms with Gasteiger partial charge in [0.05, 0.1) is 23.7 Å². The molecule has 2 bridgehead atoms. The van der Waals surface area contributed by atoms with E-state index in [0.29, 0.717) is 19.3 Å². The third kappa shape index (κ3) is 3.48. The summed E-state index contributed by atoms with van der Waals surface area (Å²) in [5.74, 6) is -0.336. The zero-order valence-electron chi connectivity index (χ0n) is 14.9. The fourth-order valence-electron chi connectivity index (χ4n) is 4.00. The molecule has 0 amide bonds. The number of thiazole rings is 1. The molecule has 9 nitrogen and oxygen atoms in total. The first-order valence-electron chi connectivity index (χ1n) is 7.99. The highest BCUT2D eigenvalue weighted by Crippen LogP contribution is 2.53. The van der Waals surface area contributed by atoms with Crippen molar-refractivity contribution in [2.45, 2.75) is 37.8 Å². The average molecular weight is 405 g/mol. The molecule has 2 aliphatic heterocycles. The first-order chi connectivity index (χ1) is 12.2. The Hall–Kier alpha value is -1.56. The van der Waals surface area contributed by atoms with Crippen molar-refractivity contribution in [3.63, 3.8) is 0 Å². The third-order valence-electron chi connectivity index (χ3n) is 4.98. The highest BCUT2D eigenvalue weighted by molar-refractivity contribution is 7.86. The normalized spacial score (nSPS) is 27.8. The maximum atomic E-state index is 12.7. The van der Waals surface area contributed by atoms with E-state index in [9.17, 15) is 13.2 Å². The summed E-state index contributed by atoms with van der Waals surface area (Å²) in [6, 6.07) is -0.515. The zero-order chi connectivity index (χ0) is 19.5. The lowest BCUT2D eigenvalue weighted by atomic mass is 9.71. The summed E-state index contributed by atoms with van der Waals surface area (Å²) in [5, 5.41) is 8.79. The average Bonchev–Trinajstić information content (AvgIpc) is 3.30. The van der Waals surface area contributed by atoms with Gasteiger partial charge in [-0.1, -0.05) is 0 Å². The highest BCUT2D eigenvalue weighted by Gasteiger charge is 2.64. The Morgan fingerprint density at radius 3 is 2.69 bits per heavy atom. The monoisotopic (exact) mass is 405 g/mol. The molecule has 0 radical (unpaired) electrons. The number of nitrogens with zero attached hydrogens (tertiary/aromatic N) is 3. The van der Waals surface area contributed by atoms with Crippen LogP contribution in [0.1, 0.15) is 25.0 Å². The maximum Gasteiger partial charge on any atom is 0.313 e. The number of carboxylic acid groups (broad SMARTS) is 1. The number of hydrogen-bond acceptors (Lipinski definition) is 7. The van der Waals surface area contributed by atoms with Gasteiger partial charge in [-0.25, -0.2) is 4.98 Å². The summed E-state index contributed by atoms with van der Waals surface area (Å²) in [4.78, 5) is 25.3. The molecule has 0 aliphatic carbocycles. The molecule has 146 valence electrons. The Bertz CT molecular complexity index is 737. The van der Waals surface area contributed by atoms with Gasteiger partial charge in [-0.15, -0.1) is 11.3 Å². The van der Waals surface area contributed by atoms with Crippen LogP contribution in [0.25, 0.3) is 0 Å². The Labute approximate surface area is 156 Å². The SMILES string of the molecule is COC(=O)[C@@]1(Cc2cscn2)C[C@H]2CC[C@@H]1N2S(=O)(=O)N(C)C.O=CO. The van der Waals surface area contributed by atoms with Gasteiger partial charge in [-0.3, -0.25) is 9.59 Å². The van der Waals surface area contributed by atoms with Crippen LogP contribution < -0.4 is 0 Å². The number of carbonyl (C=O) groups excluding carboxylic acids is 1. The zero-order valence-corrected chi connectivity index (χ0v) is 16.5. The Kier molecular flexibility index (Phi) is 6.37. The van der Waals surface area contributed by atoms with Crippen molar-refractivity contribution in [3.05, 3.63) is 16.6 Å². The second-order valence-corrected chi connectivity index (χ2v) is 9.25. The van der Waals surface area contributed by atoms with Crippen molar-refractivity contribution in [1.82, 2.24) is 13.6 Å². The molecular formula is C15H23N3O6S2. The van der Waals surface area contributed by atoms with Crippen LogP contribution in [-0.2, 0) is 31.0 Å². The standard InChI is InChI=1S/C14H21N3O4S2.CH2O2/c1-16(2)23(19,20)17-11-4-5-12(17)14(7-11,13(18)21-3)6-10-8-22-9-15-10;2-1-3/h8-9,11-12H,4-7H2,1-3H3;1H,(H,2,3)/t11-,12+,14+;/m1./s1. The van der Waals surface area contributed by atoms with E-state index in [2.05, 4.69) is 4.98 Å². The van der Waals surface area contributed by atoms with Crippen molar-refractivity contribution in [2.75, 3.05) is 21.2 Å². The molecule has 3 atom stereocenters. The second-order valence-electron chi connectivity index (χ2n) is 6.48. The first-order valence-corrected chi connectivity index (χ1v) is 10.3. The van der Waals surface area contributed by atoms with Gasteiger partial charge in [-0.2, -0.15) is 17.0 Å². The number of hydrogen-bond donors (Lipinski definition) is 1. The van der Waals surface area contributed by atoms with Crippen LogP contribution in [0.3, 0.4) is 0 Å². The minimum absolute atomic E-state index is 0.148. The molecule has 0 spiro atoms. The number of esters is 1. The van der Waals surface area contributed by atoms with E-state index in [-0.39, 0.29) is 24.5 Å². The van der Waals surface area contributed by atoms with Crippen molar-refractivity contribution in [3.8, 4) is 0 Å². The van der Waals surface area contributed by atoms with Crippen molar-refractivity contribution in [2.24, 2.45) is 5.41 Å². The van der Waals surface area contributed by atoms with Gasteiger partial charge in [-0.05, 0) is 19.3 Å². The van der Waals surface area contributed by atoms with Crippen LogP contribution in [0.15, 0.2) is 10.9 Å². The van der Waals surface area contributed by atoms with E-state index >= 15 is 0 Å². The van der Waals surface area contributed by atoms with Gasteiger partial charge in [0.25, 0.3) is 16.7 Å². The molecule has 0 saturated carbocycles. The molecule has 3 heterocycles. The molecule has 0 unspecified atom stereocenters. The van der Waals surface area contributed by atoms with Gasteiger partial charge < -0.3 is 9.84 Å². The summed E-state index contributed by atoms with van der Waals surface area (Å²) < 4.78 is 33.2. The van der Waals surface area contributed by atoms with Crippen molar-refractivity contribution >= 4 is 34.0 Å². The third-order valence-corrected chi connectivity index (χ3v) is 7.62. The number of methoxy groups -OCH3 is 1. The maximum absolute atomic E-state index is 12.7. The summed E-state index contributed by atoms with van der Waals surface area (Å²) >= 11 is 1.47. The largest absolute Gasteiger partial charge is 0.483 e. The van der Waals surface area contributed by atoms with E-state index in [1.165, 1.54) is 41.2 Å². The molecule has 11 heteroatoms. The highest BCUT2D eigenvalue weighted by atomic mass is 32.2. The smallest absolute Gasteiger partial charge is 0.313 e. The Balaban J connectivity index is 0.000000758. The fraction of sp³-hybridized carbons (Fsp3) is 0.667. The lowest BCUT2D eigenvalue weighted by Crippen LogP contribution is -2.49. The van der Waals surface area contributed by atoms with E-state index in [1.807, 2.05) is 5.38 Å².